The van der Waals surface area contributed by atoms with Crippen LogP contribution in [0.2, 0.25) is 0 Å². The Kier molecular flexibility index (Phi) is 10.7. The number of aliphatic hydroxyl groups is 2. The van der Waals surface area contributed by atoms with Crippen LogP contribution >= 0.6 is 0 Å². The van der Waals surface area contributed by atoms with Crippen molar-refractivity contribution in [2.75, 3.05) is 0 Å². The van der Waals surface area contributed by atoms with Crippen molar-refractivity contribution >= 4 is 5.97 Å². The quantitative estimate of drug-likeness (QED) is 0.370. The molecule has 0 amide bonds. The molecule has 4 nitrogen and oxygen atoms in total. The second-order valence-electron chi connectivity index (χ2n) is 6.88. The number of carboxylic acid groups (broad SMARTS) is 1. The number of carboxylic acids is 1. The summed E-state index contributed by atoms with van der Waals surface area (Å²) in [6.07, 6.45) is 16.1. The first-order valence-electron chi connectivity index (χ1n) is 9.45. The van der Waals surface area contributed by atoms with Crippen molar-refractivity contribution in [2.45, 2.75) is 83.3 Å². The lowest BCUT2D eigenvalue weighted by Gasteiger charge is -2.19. The Balaban J connectivity index is 2.37. The molecule has 1 aliphatic carbocycles. The Morgan fingerprint density at radius 2 is 1.75 bits per heavy atom. The zero-order valence-corrected chi connectivity index (χ0v) is 14.9. The Morgan fingerprint density at radius 3 is 2.46 bits per heavy atom. The van der Waals surface area contributed by atoms with Gasteiger partial charge in [0.25, 0.3) is 0 Å². The summed E-state index contributed by atoms with van der Waals surface area (Å²) >= 11 is 0. The number of hydrogen-bond acceptors (Lipinski definition) is 3. The first kappa shape index (κ1) is 20.9. The highest BCUT2D eigenvalue weighted by atomic mass is 16.4. The molecule has 0 heterocycles. The maximum absolute atomic E-state index is 10.5. The number of aliphatic hydroxyl groups excluding tert-OH is 2. The largest absolute Gasteiger partial charge is 0.481 e. The molecule has 24 heavy (non-hydrogen) atoms. The van der Waals surface area contributed by atoms with Gasteiger partial charge in [0, 0.05) is 18.8 Å². The van der Waals surface area contributed by atoms with Gasteiger partial charge in [0.1, 0.15) is 0 Å². The number of allylic oxidation sites excluding steroid dienone is 3. The molecule has 1 rings (SSSR count). The summed E-state index contributed by atoms with van der Waals surface area (Å²) in [5.74, 6) is -0.681. The van der Waals surface area contributed by atoms with Gasteiger partial charge >= 0.3 is 5.97 Å². The van der Waals surface area contributed by atoms with E-state index in [4.69, 9.17) is 5.11 Å². The van der Waals surface area contributed by atoms with Crippen LogP contribution in [0, 0.1) is 11.8 Å². The minimum atomic E-state index is -0.762. The molecule has 4 heteroatoms. The molecule has 0 radical (unpaired) electrons. The highest BCUT2D eigenvalue weighted by molar-refractivity contribution is 5.66. The van der Waals surface area contributed by atoms with Crippen LogP contribution in [0.3, 0.4) is 0 Å². The van der Waals surface area contributed by atoms with Crippen LogP contribution < -0.4 is 0 Å². The summed E-state index contributed by atoms with van der Waals surface area (Å²) in [6, 6.07) is 0. The van der Waals surface area contributed by atoms with Gasteiger partial charge in [0.15, 0.2) is 0 Å². The summed E-state index contributed by atoms with van der Waals surface area (Å²) in [6.45, 7) is 2.20. The average molecular weight is 338 g/mol. The molecule has 1 fully saturated rings. The van der Waals surface area contributed by atoms with Crippen molar-refractivity contribution < 1.29 is 20.1 Å². The molecule has 0 unspecified atom stereocenters. The van der Waals surface area contributed by atoms with Gasteiger partial charge in [-0.1, -0.05) is 50.5 Å². The van der Waals surface area contributed by atoms with E-state index in [0.717, 1.165) is 19.3 Å². The summed E-state index contributed by atoms with van der Waals surface area (Å²) in [4.78, 5) is 10.5. The van der Waals surface area contributed by atoms with Gasteiger partial charge < -0.3 is 15.3 Å². The van der Waals surface area contributed by atoms with Gasteiger partial charge in [0.2, 0.25) is 0 Å². The van der Waals surface area contributed by atoms with Gasteiger partial charge in [-0.25, -0.2) is 0 Å². The summed E-state index contributed by atoms with van der Waals surface area (Å²) in [5, 5.41) is 28.9. The first-order valence-corrected chi connectivity index (χ1v) is 9.45. The van der Waals surface area contributed by atoms with Crippen LogP contribution in [0.25, 0.3) is 0 Å². The van der Waals surface area contributed by atoms with Crippen LogP contribution in [0.5, 0.6) is 0 Å². The highest BCUT2D eigenvalue weighted by Crippen LogP contribution is 2.36. The normalized spacial score (nSPS) is 27.5. The summed E-state index contributed by atoms with van der Waals surface area (Å²) in [5.41, 5.74) is 0. The van der Waals surface area contributed by atoms with Gasteiger partial charge in [-0.2, -0.15) is 0 Å². The minimum absolute atomic E-state index is 0.0230. The zero-order chi connectivity index (χ0) is 17.8. The SMILES string of the molecule is CCCCCC/C=C/[C@@H]1[C@@H](C/C=C/CCCC(=O)O)[C@@H](O)C[C@H]1O. The topological polar surface area (TPSA) is 77.8 Å². The van der Waals surface area contributed by atoms with Crippen molar-refractivity contribution in [3.8, 4) is 0 Å². The lowest BCUT2D eigenvalue weighted by atomic mass is 9.89. The third-order valence-corrected chi connectivity index (χ3v) is 4.83. The van der Waals surface area contributed by atoms with Crippen molar-refractivity contribution in [1.29, 1.82) is 0 Å². The summed E-state index contributed by atoms with van der Waals surface area (Å²) in [7, 11) is 0. The molecule has 0 aromatic heterocycles. The third kappa shape index (κ3) is 8.11. The predicted octanol–water partition coefficient (Wildman–Crippen LogP) is 4.07. The van der Waals surface area contributed by atoms with Gasteiger partial charge in [-0.3, -0.25) is 4.79 Å². The highest BCUT2D eigenvalue weighted by Gasteiger charge is 2.39. The lowest BCUT2D eigenvalue weighted by Crippen LogP contribution is -2.19. The fraction of sp³-hybridized carbons (Fsp3) is 0.750. The fourth-order valence-corrected chi connectivity index (χ4v) is 3.39. The number of aliphatic carboxylic acids is 1. The predicted molar refractivity (Wildman–Crippen MR) is 96.8 cm³/mol. The molecule has 0 aromatic rings. The van der Waals surface area contributed by atoms with E-state index in [2.05, 4.69) is 19.1 Å². The Labute approximate surface area is 146 Å². The second kappa shape index (κ2) is 12.3. The Bertz CT molecular complexity index is 402. The van der Waals surface area contributed by atoms with Crippen molar-refractivity contribution in [3.63, 3.8) is 0 Å². The van der Waals surface area contributed by atoms with Gasteiger partial charge in [-0.15, -0.1) is 0 Å². The zero-order valence-electron chi connectivity index (χ0n) is 14.9. The van der Waals surface area contributed by atoms with Crippen molar-refractivity contribution in [2.24, 2.45) is 11.8 Å². The third-order valence-electron chi connectivity index (χ3n) is 4.83. The minimum Gasteiger partial charge on any atom is -0.481 e. The summed E-state index contributed by atoms with van der Waals surface area (Å²) < 4.78 is 0. The molecular weight excluding hydrogens is 304 g/mol. The van der Waals surface area contributed by atoms with E-state index in [1.165, 1.54) is 25.7 Å². The second-order valence-corrected chi connectivity index (χ2v) is 6.88. The first-order chi connectivity index (χ1) is 11.6. The molecule has 4 atom stereocenters. The molecule has 0 aliphatic heterocycles. The number of rotatable bonds is 12. The maximum atomic E-state index is 10.5. The van der Waals surface area contributed by atoms with Crippen molar-refractivity contribution in [1.82, 2.24) is 0 Å². The molecule has 3 N–H and O–H groups in total. The van der Waals surface area contributed by atoms with Gasteiger partial charge in [0.05, 0.1) is 12.2 Å². The fourth-order valence-electron chi connectivity index (χ4n) is 3.39. The average Bonchev–Trinajstić information content (AvgIpc) is 2.80. The molecule has 1 saturated carbocycles. The molecular formula is C20H34O4. The van der Waals surface area contributed by atoms with Crippen LogP contribution in [0.1, 0.15) is 71.1 Å². The standard InChI is InChI=1S/C20H34O4/c1-2-3-4-5-6-9-12-16-17(19(22)15-18(16)21)13-10-7-8-11-14-20(23)24/h7,9-10,12,16-19,21-22H,2-6,8,11,13-15H2,1H3,(H,23,24)/b10-7+,12-9+/t16-,17-,18-,19+/m1/s1. The van der Waals surface area contributed by atoms with Gasteiger partial charge in [-0.05, 0) is 38.0 Å². The molecule has 0 bridgehead atoms. The van der Waals surface area contributed by atoms with Crippen LogP contribution in [0.4, 0.5) is 0 Å². The maximum Gasteiger partial charge on any atom is 0.303 e. The van der Waals surface area contributed by atoms with Crippen LogP contribution in [-0.4, -0.2) is 33.5 Å². The molecule has 0 spiro atoms. The van der Waals surface area contributed by atoms with Crippen LogP contribution in [-0.2, 0) is 4.79 Å². The molecule has 0 saturated heterocycles. The molecule has 1 aliphatic rings. The number of hydrogen-bond donors (Lipinski definition) is 3. The van der Waals surface area contributed by atoms with E-state index in [9.17, 15) is 15.0 Å². The number of unbranched alkanes of at least 4 members (excludes halogenated alkanes) is 5. The smallest absolute Gasteiger partial charge is 0.303 e. The Morgan fingerprint density at radius 1 is 1.00 bits per heavy atom. The van der Waals surface area contributed by atoms with Crippen molar-refractivity contribution in [3.05, 3.63) is 24.3 Å². The Hall–Kier alpha value is -1.13. The number of carbonyl (C=O) groups is 1. The monoisotopic (exact) mass is 338 g/mol. The van der Waals surface area contributed by atoms with E-state index in [1.807, 2.05) is 12.2 Å². The van der Waals surface area contributed by atoms with E-state index in [0.29, 0.717) is 12.8 Å². The van der Waals surface area contributed by atoms with E-state index >= 15 is 0 Å². The van der Waals surface area contributed by atoms with E-state index < -0.39 is 18.2 Å². The van der Waals surface area contributed by atoms with E-state index in [-0.39, 0.29) is 18.3 Å². The van der Waals surface area contributed by atoms with E-state index in [1.54, 1.807) is 0 Å². The molecule has 0 aromatic carbocycles. The van der Waals surface area contributed by atoms with Crippen LogP contribution in [0.15, 0.2) is 24.3 Å². The lowest BCUT2D eigenvalue weighted by molar-refractivity contribution is -0.137. The molecule has 138 valence electrons.